The molecule has 0 aliphatic carbocycles. The minimum Gasteiger partial charge on any atom is -0.490 e. The number of nitrogens with two attached hydrogens (primary N) is 1. The number of ether oxygens (including phenoxy) is 1. The molecular weight excluding hydrogens is 181 g/mol. The van der Waals surface area contributed by atoms with Gasteiger partial charge in [-0.3, -0.25) is 0 Å². The summed E-state index contributed by atoms with van der Waals surface area (Å²) < 4.78 is 18.5. The summed E-state index contributed by atoms with van der Waals surface area (Å²) in [6.07, 6.45) is 1.71. The summed E-state index contributed by atoms with van der Waals surface area (Å²) in [6, 6.07) is 4.77. The van der Waals surface area contributed by atoms with Crippen molar-refractivity contribution in [3.63, 3.8) is 0 Å². The molecule has 1 aliphatic rings. The van der Waals surface area contributed by atoms with Crippen molar-refractivity contribution in [2.45, 2.75) is 31.9 Å². The first-order valence-corrected chi connectivity index (χ1v) is 4.86. The first-order valence-electron chi connectivity index (χ1n) is 4.86. The summed E-state index contributed by atoms with van der Waals surface area (Å²) in [7, 11) is 0. The second-order valence-corrected chi connectivity index (χ2v) is 3.91. The number of fused-ring (bicyclic) bond motifs is 1. The van der Waals surface area contributed by atoms with Crippen LogP contribution in [-0.4, -0.2) is 12.1 Å². The van der Waals surface area contributed by atoms with Gasteiger partial charge < -0.3 is 10.5 Å². The van der Waals surface area contributed by atoms with Gasteiger partial charge in [0.05, 0.1) is 0 Å². The van der Waals surface area contributed by atoms with Gasteiger partial charge in [0.15, 0.2) is 0 Å². The maximum absolute atomic E-state index is 12.9. The van der Waals surface area contributed by atoms with Crippen LogP contribution in [0.1, 0.15) is 18.9 Å². The van der Waals surface area contributed by atoms with Gasteiger partial charge in [-0.25, -0.2) is 4.39 Å². The fourth-order valence-corrected chi connectivity index (χ4v) is 1.84. The van der Waals surface area contributed by atoms with Gasteiger partial charge in [0.1, 0.15) is 17.7 Å². The highest BCUT2D eigenvalue weighted by Crippen LogP contribution is 2.30. The van der Waals surface area contributed by atoms with Gasteiger partial charge in [-0.2, -0.15) is 0 Å². The van der Waals surface area contributed by atoms with E-state index in [1.807, 2.05) is 6.92 Å². The van der Waals surface area contributed by atoms with Crippen LogP contribution in [0.15, 0.2) is 18.2 Å². The van der Waals surface area contributed by atoms with Gasteiger partial charge in [0, 0.05) is 18.0 Å². The molecule has 2 N–H and O–H groups in total. The monoisotopic (exact) mass is 195 g/mol. The Morgan fingerprint density at radius 1 is 1.64 bits per heavy atom. The maximum atomic E-state index is 12.9. The van der Waals surface area contributed by atoms with Gasteiger partial charge in [-0.1, -0.05) is 0 Å². The fraction of sp³-hybridized carbons (Fsp3) is 0.455. The van der Waals surface area contributed by atoms with Crippen molar-refractivity contribution in [1.29, 1.82) is 0 Å². The molecule has 0 amide bonds. The molecule has 0 spiro atoms. The molecule has 2 rings (SSSR count). The minimum atomic E-state index is -0.200. The summed E-state index contributed by atoms with van der Waals surface area (Å²) in [4.78, 5) is 0. The second-order valence-electron chi connectivity index (χ2n) is 3.91. The van der Waals surface area contributed by atoms with Gasteiger partial charge in [0.25, 0.3) is 0 Å². The summed E-state index contributed by atoms with van der Waals surface area (Å²) in [5.41, 5.74) is 6.64. The predicted molar refractivity (Wildman–Crippen MR) is 52.8 cm³/mol. The Labute approximate surface area is 82.9 Å². The van der Waals surface area contributed by atoms with E-state index in [1.54, 1.807) is 6.07 Å². The molecule has 0 radical (unpaired) electrons. The lowest BCUT2D eigenvalue weighted by atomic mass is 10.1. The van der Waals surface area contributed by atoms with Crippen molar-refractivity contribution in [2.75, 3.05) is 0 Å². The number of benzene rings is 1. The molecule has 1 aromatic carbocycles. The second kappa shape index (κ2) is 3.58. The highest BCUT2D eigenvalue weighted by Gasteiger charge is 2.23. The molecule has 0 saturated heterocycles. The maximum Gasteiger partial charge on any atom is 0.123 e. The van der Waals surface area contributed by atoms with Crippen LogP contribution in [0.25, 0.3) is 0 Å². The Balaban J connectivity index is 2.10. The van der Waals surface area contributed by atoms with E-state index in [-0.39, 0.29) is 18.0 Å². The zero-order chi connectivity index (χ0) is 10.1. The molecule has 0 aromatic heterocycles. The molecule has 1 aliphatic heterocycles. The zero-order valence-corrected chi connectivity index (χ0v) is 8.16. The van der Waals surface area contributed by atoms with E-state index in [9.17, 15) is 4.39 Å². The van der Waals surface area contributed by atoms with Gasteiger partial charge in [0.2, 0.25) is 0 Å². The predicted octanol–water partition coefficient (Wildman–Crippen LogP) is 1.87. The quantitative estimate of drug-likeness (QED) is 0.781. The molecule has 0 bridgehead atoms. The van der Waals surface area contributed by atoms with Crippen LogP contribution in [0.4, 0.5) is 4.39 Å². The van der Waals surface area contributed by atoms with E-state index >= 15 is 0 Å². The molecule has 1 aromatic rings. The van der Waals surface area contributed by atoms with E-state index in [0.717, 1.165) is 24.2 Å². The number of halogens is 1. The topological polar surface area (TPSA) is 35.2 Å². The fourth-order valence-electron chi connectivity index (χ4n) is 1.84. The van der Waals surface area contributed by atoms with Crippen molar-refractivity contribution < 1.29 is 9.13 Å². The van der Waals surface area contributed by atoms with E-state index in [0.29, 0.717) is 0 Å². The van der Waals surface area contributed by atoms with Crippen molar-refractivity contribution >= 4 is 0 Å². The summed E-state index contributed by atoms with van der Waals surface area (Å²) in [6.45, 7) is 1.95. The van der Waals surface area contributed by atoms with Crippen LogP contribution < -0.4 is 10.5 Å². The summed E-state index contributed by atoms with van der Waals surface area (Å²) in [5.74, 6) is 0.603. The summed E-state index contributed by atoms with van der Waals surface area (Å²) >= 11 is 0. The number of hydrogen-bond acceptors (Lipinski definition) is 2. The highest BCUT2D eigenvalue weighted by atomic mass is 19.1. The normalized spacial score (nSPS) is 21.5. The standard InChI is InChI=1S/C11H14FNO/c1-7(13)4-10-6-8-5-9(12)2-3-11(8)14-10/h2-3,5,7,10H,4,6,13H2,1H3. The Hall–Kier alpha value is -1.09. The molecule has 2 atom stereocenters. The molecule has 0 saturated carbocycles. The van der Waals surface area contributed by atoms with E-state index in [1.165, 1.54) is 12.1 Å². The lowest BCUT2D eigenvalue weighted by molar-refractivity contribution is 0.213. The smallest absolute Gasteiger partial charge is 0.123 e. The third-order valence-corrected chi connectivity index (χ3v) is 2.40. The third kappa shape index (κ3) is 1.87. The average molecular weight is 195 g/mol. The minimum absolute atomic E-state index is 0.117. The Morgan fingerprint density at radius 2 is 2.43 bits per heavy atom. The molecule has 76 valence electrons. The molecular formula is C11H14FNO. The zero-order valence-electron chi connectivity index (χ0n) is 8.16. The van der Waals surface area contributed by atoms with E-state index < -0.39 is 0 Å². The molecule has 1 heterocycles. The SMILES string of the molecule is CC(N)CC1Cc2cc(F)ccc2O1. The van der Waals surface area contributed by atoms with Crippen LogP contribution in [-0.2, 0) is 6.42 Å². The van der Waals surface area contributed by atoms with Crippen molar-refractivity contribution in [3.8, 4) is 5.75 Å². The highest BCUT2D eigenvalue weighted by molar-refractivity contribution is 5.37. The third-order valence-electron chi connectivity index (χ3n) is 2.40. The van der Waals surface area contributed by atoms with Crippen molar-refractivity contribution in [2.24, 2.45) is 5.73 Å². The van der Waals surface area contributed by atoms with Gasteiger partial charge in [-0.15, -0.1) is 0 Å². The van der Waals surface area contributed by atoms with Crippen molar-refractivity contribution in [3.05, 3.63) is 29.6 Å². The van der Waals surface area contributed by atoms with Gasteiger partial charge >= 0.3 is 0 Å². The van der Waals surface area contributed by atoms with Crippen LogP contribution in [0.3, 0.4) is 0 Å². The Kier molecular flexibility index (Phi) is 2.42. The molecule has 0 fully saturated rings. The van der Waals surface area contributed by atoms with Crippen LogP contribution >= 0.6 is 0 Å². The first kappa shape index (κ1) is 9.46. The van der Waals surface area contributed by atoms with E-state index in [2.05, 4.69) is 0 Å². The van der Waals surface area contributed by atoms with Crippen LogP contribution in [0.5, 0.6) is 5.75 Å². The van der Waals surface area contributed by atoms with Crippen LogP contribution in [0.2, 0.25) is 0 Å². The van der Waals surface area contributed by atoms with Crippen molar-refractivity contribution in [1.82, 2.24) is 0 Å². The Morgan fingerprint density at radius 3 is 3.14 bits per heavy atom. The molecule has 2 unspecified atom stereocenters. The largest absolute Gasteiger partial charge is 0.490 e. The molecule has 3 heteroatoms. The van der Waals surface area contributed by atoms with Crippen LogP contribution in [0, 0.1) is 5.82 Å². The lowest BCUT2D eigenvalue weighted by Crippen LogP contribution is -2.25. The number of rotatable bonds is 2. The lowest BCUT2D eigenvalue weighted by Gasteiger charge is -2.12. The summed E-state index contributed by atoms with van der Waals surface area (Å²) in [5, 5.41) is 0. The molecule has 14 heavy (non-hydrogen) atoms. The average Bonchev–Trinajstić information content (AvgIpc) is 2.44. The van der Waals surface area contributed by atoms with Gasteiger partial charge in [-0.05, 0) is 31.5 Å². The molecule has 2 nitrogen and oxygen atoms in total. The van der Waals surface area contributed by atoms with E-state index in [4.69, 9.17) is 10.5 Å². The number of hydrogen-bond donors (Lipinski definition) is 1. The Bertz CT molecular complexity index is 338. The first-order chi connectivity index (χ1) is 6.65.